The fourth-order valence-corrected chi connectivity index (χ4v) is 2.56. The van der Waals surface area contributed by atoms with E-state index in [1.54, 1.807) is 18.2 Å². The van der Waals surface area contributed by atoms with Crippen molar-refractivity contribution in [2.75, 3.05) is 0 Å². The third-order valence-corrected chi connectivity index (χ3v) is 3.62. The van der Waals surface area contributed by atoms with Crippen LogP contribution in [0.4, 0.5) is 0 Å². The summed E-state index contributed by atoms with van der Waals surface area (Å²) in [6, 6.07) is 4.25. The normalized spacial score (nSPS) is 19.1. The molecule has 3 rings (SSSR count). The molecule has 1 atom stereocenters. The van der Waals surface area contributed by atoms with Gasteiger partial charge in [0.2, 0.25) is 11.8 Å². The molecule has 1 aliphatic heterocycles. The van der Waals surface area contributed by atoms with E-state index in [0.717, 1.165) is 0 Å². The van der Waals surface area contributed by atoms with Gasteiger partial charge in [0, 0.05) is 6.42 Å². The molecule has 1 saturated heterocycles. The molecule has 2 amide bonds. The number of hydrogen-bond acceptors (Lipinski definition) is 4. The first-order valence-corrected chi connectivity index (χ1v) is 6.45. The van der Waals surface area contributed by atoms with E-state index in [0.29, 0.717) is 10.5 Å². The molecule has 0 radical (unpaired) electrons. The number of piperidine rings is 1. The Hall–Kier alpha value is -2.21. The van der Waals surface area contributed by atoms with Crippen LogP contribution in [0.1, 0.15) is 18.9 Å². The first-order valence-electron chi connectivity index (χ1n) is 6.07. The van der Waals surface area contributed by atoms with Crippen LogP contribution >= 0.6 is 11.6 Å². The van der Waals surface area contributed by atoms with Gasteiger partial charge < -0.3 is 0 Å². The Kier molecular flexibility index (Phi) is 3.02. The van der Waals surface area contributed by atoms with Crippen LogP contribution in [-0.4, -0.2) is 21.4 Å². The van der Waals surface area contributed by atoms with Crippen LogP contribution in [-0.2, 0) is 9.59 Å². The number of nitrogens with zero attached hydrogens (tertiary/aromatic N) is 2. The van der Waals surface area contributed by atoms with Crippen molar-refractivity contribution in [1.82, 2.24) is 14.9 Å². The van der Waals surface area contributed by atoms with E-state index >= 15 is 0 Å². The Labute approximate surface area is 118 Å². The lowest BCUT2D eigenvalue weighted by Crippen LogP contribution is -2.44. The molecule has 1 aromatic carbocycles. The molecule has 0 bridgehead atoms. The molecule has 1 N–H and O–H groups in total. The number of halogens is 1. The van der Waals surface area contributed by atoms with Crippen LogP contribution in [0.15, 0.2) is 29.3 Å². The van der Waals surface area contributed by atoms with Crippen molar-refractivity contribution in [1.29, 1.82) is 0 Å². The van der Waals surface area contributed by atoms with Gasteiger partial charge in [-0.05, 0) is 18.6 Å². The number of benzene rings is 1. The number of carbonyl (C=O) groups excluding carboxylic acids is 2. The van der Waals surface area contributed by atoms with Crippen LogP contribution in [0.5, 0.6) is 0 Å². The van der Waals surface area contributed by atoms with Gasteiger partial charge in [-0.1, -0.05) is 17.7 Å². The lowest BCUT2D eigenvalue weighted by atomic mass is 10.1. The molecule has 1 fully saturated rings. The van der Waals surface area contributed by atoms with E-state index in [1.165, 1.54) is 10.9 Å². The van der Waals surface area contributed by atoms with E-state index in [1.807, 2.05) is 0 Å². The second kappa shape index (κ2) is 4.72. The number of imide groups is 1. The van der Waals surface area contributed by atoms with Crippen molar-refractivity contribution in [2.24, 2.45) is 0 Å². The molecule has 0 spiro atoms. The second-order valence-corrected chi connectivity index (χ2v) is 4.97. The summed E-state index contributed by atoms with van der Waals surface area (Å²) in [5.41, 5.74) is 0.0983. The molecule has 1 aliphatic rings. The molecule has 2 heterocycles. The molecule has 20 heavy (non-hydrogen) atoms. The maximum atomic E-state index is 12.4. The van der Waals surface area contributed by atoms with E-state index in [2.05, 4.69) is 10.3 Å². The SMILES string of the molecule is O=C1CCC(n2cnc3cccc(Cl)c3c2=O)C(=O)N1. The third-order valence-electron chi connectivity index (χ3n) is 3.31. The number of amides is 2. The minimum Gasteiger partial charge on any atom is -0.295 e. The summed E-state index contributed by atoms with van der Waals surface area (Å²) in [6.07, 6.45) is 1.80. The molecule has 1 aromatic heterocycles. The molecule has 102 valence electrons. The van der Waals surface area contributed by atoms with Crippen molar-refractivity contribution in [3.63, 3.8) is 0 Å². The lowest BCUT2D eigenvalue weighted by Gasteiger charge is -2.22. The Morgan fingerprint density at radius 3 is 2.85 bits per heavy atom. The van der Waals surface area contributed by atoms with Crippen LogP contribution in [0.3, 0.4) is 0 Å². The summed E-state index contributed by atoms with van der Waals surface area (Å²) < 4.78 is 1.23. The van der Waals surface area contributed by atoms with E-state index < -0.39 is 11.9 Å². The molecule has 1 unspecified atom stereocenters. The summed E-state index contributed by atoms with van der Waals surface area (Å²) in [5, 5.41) is 2.79. The zero-order valence-corrected chi connectivity index (χ0v) is 11.1. The predicted molar refractivity (Wildman–Crippen MR) is 72.4 cm³/mol. The summed E-state index contributed by atoms with van der Waals surface area (Å²) in [7, 11) is 0. The smallest absolute Gasteiger partial charge is 0.263 e. The van der Waals surface area contributed by atoms with Crippen LogP contribution < -0.4 is 10.9 Å². The highest BCUT2D eigenvalue weighted by atomic mass is 35.5. The highest BCUT2D eigenvalue weighted by Gasteiger charge is 2.29. The predicted octanol–water partition coefficient (Wildman–Crippen LogP) is 1.03. The average Bonchev–Trinajstić information content (AvgIpc) is 2.40. The first kappa shape index (κ1) is 12.8. The second-order valence-electron chi connectivity index (χ2n) is 4.56. The van der Waals surface area contributed by atoms with Crippen molar-refractivity contribution < 1.29 is 9.59 Å². The fraction of sp³-hybridized carbons (Fsp3) is 0.231. The molecule has 6 nitrogen and oxygen atoms in total. The molecule has 2 aromatic rings. The maximum absolute atomic E-state index is 12.4. The Bertz CT molecular complexity index is 784. The number of fused-ring (bicyclic) bond motifs is 1. The van der Waals surface area contributed by atoms with Gasteiger partial charge >= 0.3 is 0 Å². The largest absolute Gasteiger partial charge is 0.295 e. The molecular formula is C13H10ClN3O3. The zero-order valence-electron chi connectivity index (χ0n) is 10.3. The third kappa shape index (κ3) is 1.98. The summed E-state index contributed by atoms with van der Waals surface area (Å²) in [5.74, 6) is -0.817. The summed E-state index contributed by atoms with van der Waals surface area (Å²) in [6.45, 7) is 0. The standard InChI is InChI=1S/C13H10ClN3O3/c14-7-2-1-3-8-11(7)13(20)17(6-15-8)9-4-5-10(18)16-12(9)19/h1-3,6,9H,4-5H2,(H,16,18,19). The van der Waals surface area contributed by atoms with Crippen LogP contribution in [0.25, 0.3) is 10.9 Å². The van der Waals surface area contributed by atoms with Gasteiger partial charge in [-0.15, -0.1) is 0 Å². The van der Waals surface area contributed by atoms with E-state index in [9.17, 15) is 14.4 Å². The zero-order chi connectivity index (χ0) is 14.3. The monoisotopic (exact) mass is 291 g/mol. The minimum atomic E-state index is -0.728. The van der Waals surface area contributed by atoms with E-state index in [4.69, 9.17) is 11.6 Å². The van der Waals surface area contributed by atoms with Gasteiger partial charge in [0.25, 0.3) is 5.56 Å². The van der Waals surface area contributed by atoms with Gasteiger partial charge in [0.15, 0.2) is 0 Å². The fourth-order valence-electron chi connectivity index (χ4n) is 2.31. The van der Waals surface area contributed by atoms with Crippen LogP contribution in [0.2, 0.25) is 5.02 Å². The van der Waals surface area contributed by atoms with Crippen molar-refractivity contribution in [3.8, 4) is 0 Å². The van der Waals surface area contributed by atoms with Gasteiger partial charge in [0.1, 0.15) is 6.04 Å². The number of hydrogen-bond donors (Lipinski definition) is 1. The van der Waals surface area contributed by atoms with Gasteiger partial charge in [-0.25, -0.2) is 4.98 Å². The average molecular weight is 292 g/mol. The Balaban J connectivity index is 2.16. The lowest BCUT2D eigenvalue weighted by molar-refractivity contribution is -0.135. The Morgan fingerprint density at radius 1 is 1.30 bits per heavy atom. The molecule has 7 heteroatoms. The number of carbonyl (C=O) groups is 2. The maximum Gasteiger partial charge on any atom is 0.263 e. The molecule has 0 saturated carbocycles. The summed E-state index contributed by atoms with van der Waals surface area (Å²) >= 11 is 6.02. The van der Waals surface area contributed by atoms with Gasteiger partial charge in [0.05, 0.1) is 22.3 Å². The number of nitrogens with one attached hydrogen (secondary N) is 1. The minimum absolute atomic E-state index is 0.198. The molecule has 0 aliphatic carbocycles. The highest BCUT2D eigenvalue weighted by molar-refractivity contribution is 6.35. The van der Waals surface area contributed by atoms with Crippen LogP contribution in [0, 0.1) is 0 Å². The summed E-state index contributed by atoms with van der Waals surface area (Å²) in [4.78, 5) is 39.6. The van der Waals surface area contributed by atoms with Gasteiger partial charge in [-0.2, -0.15) is 0 Å². The van der Waals surface area contributed by atoms with Crippen molar-refractivity contribution >= 4 is 34.3 Å². The van der Waals surface area contributed by atoms with Gasteiger partial charge in [-0.3, -0.25) is 24.3 Å². The van der Waals surface area contributed by atoms with E-state index in [-0.39, 0.29) is 29.7 Å². The Morgan fingerprint density at radius 2 is 2.10 bits per heavy atom. The first-order chi connectivity index (χ1) is 9.58. The van der Waals surface area contributed by atoms with Crippen molar-refractivity contribution in [2.45, 2.75) is 18.9 Å². The molecular weight excluding hydrogens is 282 g/mol. The highest BCUT2D eigenvalue weighted by Crippen LogP contribution is 2.21. The quantitative estimate of drug-likeness (QED) is 0.796. The topological polar surface area (TPSA) is 81.1 Å². The number of rotatable bonds is 1. The number of aromatic nitrogens is 2. The van der Waals surface area contributed by atoms with Crippen molar-refractivity contribution in [3.05, 3.63) is 39.9 Å².